The highest BCUT2D eigenvalue weighted by atomic mass is 79.9. The lowest BCUT2D eigenvalue weighted by Crippen LogP contribution is -2.49. The second kappa shape index (κ2) is 8.47. The highest BCUT2D eigenvalue weighted by Gasteiger charge is 2.42. The second-order valence-electron chi connectivity index (χ2n) is 7.62. The predicted molar refractivity (Wildman–Crippen MR) is 113 cm³/mol. The third-order valence-corrected chi connectivity index (χ3v) is 7.30. The van der Waals surface area contributed by atoms with Gasteiger partial charge in [-0.25, -0.2) is 8.42 Å². The number of sulfone groups is 1. The van der Waals surface area contributed by atoms with Gasteiger partial charge in [0, 0.05) is 17.1 Å². The zero-order chi connectivity index (χ0) is 21.5. The van der Waals surface area contributed by atoms with E-state index in [9.17, 15) is 18.6 Å². The summed E-state index contributed by atoms with van der Waals surface area (Å²) in [6.07, 6.45) is -1.59. The van der Waals surface area contributed by atoms with Crippen molar-refractivity contribution in [3.63, 3.8) is 0 Å². The summed E-state index contributed by atoms with van der Waals surface area (Å²) in [5.41, 5.74) is 1.29. The van der Waals surface area contributed by atoms with Gasteiger partial charge in [-0.05, 0) is 41.3 Å². The van der Waals surface area contributed by atoms with Gasteiger partial charge >= 0.3 is 0 Å². The fraction of sp³-hybridized carbons (Fsp3) is 0.429. The third-order valence-electron chi connectivity index (χ3n) is 5.29. The van der Waals surface area contributed by atoms with E-state index in [2.05, 4.69) is 15.9 Å². The maximum atomic E-state index is 12.0. The van der Waals surface area contributed by atoms with Crippen LogP contribution in [-0.4, -0.2) is 55.7 Å². The van der Waals surface area contributed by atoms with Crippen LogP contribution in [0.3, 0.4) is 0 Å². The first kappa shape index (κ1) is 21.6. The standard InChI is InChI=1S/C21H23BrO7S/c1-30(25,26)21-20(24)16(23)11-18(29-21)13-3-4-15(22)14(10-13)8-12-2-5-17-19(9-12)28-7-6-27-17/h2-5,9-10,16,18,20-21,23-24H,6-8,11H2,1H3/t16-,18-,20+,21-/m1/s1. The van der Waals surface area contributed by atoms with Gasteiger partial charge < -0.3 is 24.4 Å². The summed E-state index contributed by atoms with van der Waals surface area (Å²) in [6.45, 7) is 1.06. The van der Waals surface area contributed by atoms with E-state index in [1.54, 1.807) is 0 Å². The fourth-order valence-corrected chi connectivity index (χ4v) is 5.17. The van der Waals surface area contributed by atoms with E-state index in [-0.39, 0.29) is 6.42 Å². The summed E-state index contributed by atoms with van der Waals surface area (Å²) >= 11 is 3.57. The normalized spacial score (nSPS) is 26.4. The quantitative estimate of drug-likeness (QED) is 0.666. The average molecular weight is 499 g/mol. The maximum absolute atomic E-state index is 12.0. The van der Waals surface area contributed by atoms with E-state index in [1.807, 2.05) is 36.4 Å². The van der Waals surface area contributed by atoms with Gasteiger partial charge in [-0.2, -0.15) is 0 Å². The predicted octanol–water partition coefficient (Wildman–Crippen LogP) is 2.37. The number of hydrogen-bond acceptors (Lipinski definition) is 7. The molecule has 162 valence electrons. The maximum Gasteiger partial charge on any atom is 0.187 e. The molecule has 0 saturated carbocycles. The molecule has 9 heteroatoms. The van der Waals surface area contributed by atoms with Gasteiger partial charge in [0.1, 0.15) is 19.3 Å². The topological polar surface area (TPSA) is 102 Å². The van der Waals surface area contributed by atoms with Gasteiger partial charge in [0.15, 0.2) is 26.8 Å². The van der Waals surface area contributed by atoms with Crippen molar-refractivity contribution in [2.75, 3.05) is 19.5 Å². The SMILES string of the molecule is CS(=O)(=O)[C@H]1O[C@@H](c2ccc(Br)c(Cc3ccc4c(c3)OCCO4)c2)C[C@@H](O)[C@@H]1O. The first-order valence-electron chi connectivity index (χ1n) is 9.59. The van der Waals surface area contributed by atoms with Crippen LogP contribution < -0.4 is 9.47 Å². The van der Waals surface area contributed by atoms with Crippen LogP contribution in [0.25, 0.3) is 0 Å². The molecule has 4 rings (SSSR count). The molecule has 0 unspecified atom stereocenters. The van der Waals surface area contributed by atoms with Crippen LogP contribution in [-0.2, 0) is 21.0 Å². The van der Waals surface area contributed by atoms with Crippen molar-refractivity contribution in [2.24, 2.45) is 0 Å². The van der Waals surface area contributed by atoms with E-state index in [0.717, 1.165) is 38.9 Å². The first-order chi connectivity index (χ1) is 14.2. The van der Waals surface area contributed by atoms with Gasteiger partial charge in [0.2, 0.25) is 0 Å². The van der Waals surface area contributed by atoms with Crippen LogP contribution in [0.15, 0.2) is 40.9 Å². The smallest absolute Gasteiger partial charge is 0.187 e. The molecule has 2 aliphatic rings. The van der Waals surface area contributed by atoms with E-state index in [0.29, 0.717) is 19.6 Å². The van der Waals surface area contributed by atoms with Gasteiger partial charge in [0.25, 0.3) is 0 Å². The van der Waals surface area contributed by atoms with Crippen LogP contribution in [0.4, 0.5) is 0 Å². The van der Waals surface area contributed by atoms with E-state index in [4.69, 9.17) is 14.2 Å². The molecule has 30 heavy (non-hydrogen) atoms. The summed E-state index contributed by atoms with van der Waals surface area (Å²) in [6, 6.07) is 11.4. The highest BCUT2D eigenvalue weighted by molar-refractivity contribution is 9.10. The van der Waals surface area contributed by atoms with Crippen molar-refractivity contribution in [2.45, 2.75) is 36.6 Å². The molecule has 2 N–H and O–H groups in total. The molecule has 0 aromatic heterocycles. The van der Waals surface area contributed by atoms with Gasteiger partial charge in [-0.1, -0.05) is 34.1 Å². The van der Waals surface area contributed by atoms with Gasteiger partial charge in [-0.3, -0.25) is 0 Å². The molecule has 0 amide bonds. The lowest BCUT2D eigenvalue weighted by Gasteiger charge is -2.36. The zero-order valence-corrected chi connectivity index (χ0v) is 18.7. The number of benzene rings is 2. The number of rotatable bonds is 4. The zero-order valence-electron chi connectivity index (χ0n) is 16.3. The molecule has 2 aromatic carbocycles. The Morgan fingerprint density at radius 3 is 2.53 bits per heavy atom. The second-order valence-corrected chi connectivity index (χ2v) is 10.6. The van der Waals surface area contributed by atoms with E-state index < -0.39 is 33.6 Å². The van der Waals surface area contributed by atoms with Crippen LogP contribution in [0, 0.1) is 0 Å². The molecule has 2 aliphatic heterocycles. The molecule has 0 aliphatic carbocycles. The van der Waals surface area contributed by atoms with Crippen molar-refractivity contribution < 1.29 is 32.8 Å². The van der Waals surface area contributed by atoms with Crippen LogP contribution in [0.5, 0.6) is 11.5 Å². The lowest BCUT2D eigenvalue weighted by molar-refractivity contribution is -0.140. The number of aliphatic hydroxyl groups excluding tert-OH is 2. The third kappa shape index (κ3) is 4.50. The minimum Gasteiger partial charge on any atom is -0.486 e. The molecular weight excluding hydrogens is 476 g/mol. The van der Waals surface area contributed by atoms with Crippen LogP contribution in [0.1, 0.15) is 29.2 Å². The Bertz CT molecular complexity index is 1040. The molecule has 7 nitrogen and oxygen atoms in total. The molecule has 0 bridgehead atoms. The minimum atomic E-state index is -3.69. The lowest BCUT2D eigenvalue weighted by atomic mass is 9.95. The molecule has 1 fully saturated rings. The Hall–Kier alpha value is -1.65. The minimum absolute atomic E-state index is 0.109. The number of fused-ring (bicyclic) bond motifs is 1. The number of halogens is 1. The van der Waals surface area contributed by atoms with E-state index >= 15 is 0 Å². The number of ether oxygens (including phenoxy) is 3. The molecule has 1 saturated heterocycles. The summed E-state index contributed by atoms with van der Waals surface area (Å²) < 4.78 is 41.8. The number of hydrogen-bond donors (Lipinski definition) is 2. The first-order valence-corrected chi connectivity index (χ1v) is 12.3. The van der Waals surface area contributed by atoms with Crippen LogP contribution >= 0.6 is 15.9 Å². The van der Waals surface area contributed by atoms with Crippen molar-refractivity contribution in [1.82, 2.24) is 0 Å². The fourth-order valence-electron chi connectivity index (χ4n) is 3.75. The van der Waals surface area contributed by atoms with Crippen LogP contribution in [0.2, 0.25) is 0 Å². The van der Waals surface area contributed by atoms with Crippen molar-refractivity contribution in [1.29, 1.82) is 0 Å². The summed E-state index contributed by atoms with van der Waals surface area (Å²) in [5.74, 6) is 1.45. The van der Waals surface area contributed by atoms with E-state index in [1.165, 1.54) is 0 Å². The molecular formula is C21H23BrO7S. The molecule has 0 spiro atoms. The Balaban J connectivity index is 1.59. The average Bonchev–Trinajstić information content (AvgIpc) is 2.70. The highest BCUT2D eigenvalue weighted by Crippen LogP contribution is 2.36. The summed E-state index contributed by atoms with van der Waals surface area (Å²) in [7, 11) is -3.69. The summed E-state index contributed by atoms with van der Waals surface area (Å²) in [5, 5.41) is 20.2. The Morgan fingerprint density at radius 2 is 1.80 bits per heavy atom. The van der Waals surface area contributed by atoms with Crippen molar-refractivity contribution in [3.05, 3.63) is 57.6 Å². The Kier molecular flexibility index (Phi) is 6.09. The summed E-state index contributed by atoms with van der Waals surface area (Å²) in [4.78, 5) is 0. The molecule has 2 aromatic rings. The molecule has 4 atom stereocenters. The Labute approximate surface area is 183 Å². The molecule has 2 heterocycles. The van der Waals surface area contributed by atoms with Crippen molar-refractivity contribution in [3.8, 4) is 11.5 Å². The van der Waals surface area contributed by atoms with Crippen molar-refractivity contribution >= 4 is 25.8 Å². The van der Waals surface area contributed by atoms with Gasteiger partial charge in [0.05, 0.1) is 12.2 Å². The monoisotopic (exact) mass is 498 g/mol. The Morgan fingerprint density at radius 1 is 1.07 bits per heavy atom. The molecule has 0 radical (unpaired) electrons. The largest absolute Gasteiger partial charge is 0.486 e. The van der Waals surface area contributed by atoms with Gasteiger partial charge in [-0.15, -0.1) is 0 Å². The number of aliphatic hydroxyl groups is 2.